The molecule has 0 bridgehead atoms. The number of nitrogens with one attached hydrogen (secondary N) is 1. The predicted octanol–water partition coefficient (Wildman–Crippen LogP) is 1.89. The Hall–Kier alpha value is -3.48. The van der Waals surface area contributed by atoms with E-state index in [1.165, 1.54) is 15.8 Å². The maximum atomic E-state index is 12.7. The van der Waals surface area contributed by atoms with Gasteiger partial charge in [-0.05, 0) is 11.1 Å². The number of carbonyl (C=O) groups is 2. The quantitative estimate of drug-likeness (QED) is 0.725. The summed E-state index contributed by atoms with van der Waals surface area (Å²) in [5.41, 5.74) is 2.10. The van der Waals surface area contributed by atoms with Crippen LogP contribution in [0.15, 0.2) is 66.9 Å². The van der Waals surface area contributed by atoms with E-state index >= 15 is 0 Å². The van der Waals surface area contributed by atoms with E-state index in [2.05, 4.69) is 15.6 Å². The molecule has 1 N–H and O–H groups in total. The fourth-order valence-corrected chi connectivity index (χ4v) is 2.61. The molecule has 0 radical (unpaired) electrons. The Bertz CT molecular complexity index is 867. The van der Waals surface area contributed by atoms with E-state index in [0.717, 1.165) is 11.1 Å². The monoisotopic (exact) mass is 363 g/mol. The van der Waals surface area contributed by atoms with Crippen LogP contribution in [0.2, 0.25) is 0 Å². The normalized spacial score (nSPS) is 10.6. The second-order valence-corrected chi connectivity index (χ2v) is 6.32. The smallest absolute Gasteiger partial charge is 0.274 e. The molecule has 138 valence electrons. The van der Waals surface area contributed by atoms with E-state index in [4.69, 9.17) is 0 Å². The summed E-state index contributed by atoms with van der Waals surface area (Å²) in [7, 11) is 3.33. The summed E-state index contributed by atoms with van der Waals surface area (Å²) in [4.78, 5) is 25.9. The average molecular weight is 363 g/mol. The van der Waals surface area contributed by atoms with E-state index in [9.17, 15) is 9.59 Å². The van der Waals surface area contributed by atoms with Gasteiger partial charge in [0, 0.05) is 14.1 Å². The number of carbonyl (C=O) groups excluding carboxylic acids is 2. The van der Waals surface area contributed by atoms with Crippen LogP contribution in [-0.4, -0.2) is 45.8 Å². The standard InChI is InChI=1S/C20H21N5O2/c1-24(2)18(26)14-25-13-17(22-23-25)20(27)21-19(15-9-5-3-6-10-15)16-11-7-4-8-12-16/h3-13,19H,14H2,1-2H3,(H,21,27). The number of hydrogen-bond donors (Lipinski definition) is 1. The maximum absolute atomic E-state index is 12.7. The zero-order chi connectivity index (χ0) is 19.2. The van der Waals surface area contributed by atoms with Crippen LogP contribution < -0.4 is 5.32 Å². The molecule has 7 nitrogen and oxygen atoms in total. The Morgan fingerprint density at radius 3 is 2.07 bits per heavy atom. The van der Waals surface area contributed by atoms with Gasteiger partial charge in [0.2, 0.25) is 5.91 Å². The van der Waals surface area contributed by atoms with E-state index in [-0.39, 0.29) is 30.1 Å². The van der Waals surface area contributed by atoms with Gasteiger partial charge in [-0.2, -0.15) is 0 Å². The van der Waals surface area contributed by atoms with Crippen molar-refractivity contribution in [3.05, 3.63) is 83.7 Å². The minimum absolute atomic E-state index is 0.0358. The van der Waals surface area contributed by atoms with Gasteiger partial charge in [-0.3, -0.25) is 9.59 Å². The zero-order valence-electron chi connectivity index (χ0n) is 15.2. The number of benzene rings is 2. The van der Waals surface area contributed by atoms with Gasteiger partial charge in [0.15, 0.2) is 5.69 Å². The van der Waals surface area contributed by atoms with Crippen LogP contribution in [0.1, 0.15) is 27.7 Å². The van der Waals surface area contributed by atoms with Crippen LogP contribution in [0.5, 0.6) is 0 Å². The number of hydrogen-bond acceptors (Lipinski definition) is 4. The number of amides is 2. The van der Waals surface area contributed by atoms with Gasteiger partial charge in [-0.1, -0.05) is 65.9 Å². The van der Waals surface area contributed by atoms with Gasteiger partial charge >= 0.3 is 0 Å². The fraction of sp³-hybridized carbons (Fsp3) is 0.200. The van der Waals surface area contributed by atoms with Crippen LogP contribution in [-0.2, 0) is 11.3 Å². The molecular weight excluding hydrogens is 342 g/mol. The Kier molecular flexibility index (Phi) is 5.61. The van der Waals surface area contributed by atoms with Gasteiger partial charge in [0.05, 0.1) is 12.2 Å². The lowest BCUT2D eigenvalue weighted by Gasteiger charge is -2.19. The fourth-order valence-electron chi connectivity index (χ4n) is 2.61. The van der Waals surface area contributed by atoms with Crippen LogP contribution in [0, 0.1) is 0 Å². The molecule has 3 aromatic rings. The molecule has 2 amide bonds. The molecule has 1 aromatic heterocycles. The first kappa shape index (κ1) is 18.3. The lowest BCUT2D eigenvalue weighted by atomic mass is 9.98. The highest BCUT2D eigenvalue weighted by molar-refractivity contribution is 5.92. The van der Waals surface area contributed by atoms with Crippen molar-refractivity contribution in [3.63, 3.8) is 0 Å². The van der Waals surface area contributed by atoms with E-state index in [1.807, 2.05) is 60.7 Å². The highest BCUT2D eigenvalue weighted by Gasteiger charge is 2.20. The van der Waals surface area contributed by atoms with Crippen molar-refractivity contribution in [1.82, 2.24) is 25.2 Å². The first-order valence-electron chi connectivity index (χ1n) is 8.55. The van der Waals surface area contributed by atoms with Crippen molar-refractivity contribution in [2.24, 2.45) is 0 Å². The maximum Gasteiger partial charge on any atom is 0.274 e. The Morgan fingerprint density at radius 2 is 1.56 bits per heavy atom. The molecule has 0 spiro atoms. The van der Waals surface area contributed by atoms with Crippen molar-refractivity contribution in [2.45, 2.75) is 12.6 Å². The summed E-state index contributed by atoms with van der Waals surface area (Å²) in [5, 5.41) is 10.8. The van der Waals surface area contributed by atoms with Crippen LogP contribution in [0.25, 0.3) is 0 Å². The summed E-state index contributed by atoms with van der Waals surface area (Å²) in [6.45, 7) is 0.0358. The zero-order valence-corrected chi connectivity index (χ0v) is 15.2. The third-order valence-corrected chi connectivity index (χ3v) is 4.11. The summed E-state index contributed by atoms with van der Waals surface area (Å²) in [6.07, 6.45) is 1.48. The van der Waals surface area contributed by atoms with Gasteiger partial charge in [-0.15, -0.1) is 5.10 Å². The Labute approximate surface area is 157 Å². The largest absolute Gasteiger partial charge is 0.347 e. The Balaban J connectivity index is 1.79. The minimum atomic E-state index is -0.351. The van der Waals surface area contributed by atoms with Gasteiger partial charge in [0.25, 0.3) is 5.91 Å². The molecule has 0 unspecified atom stereocenters. The molecule has 0 aliphatic rings. The molecular formula is C20H21N5O2. The van der Waals surface area contributed by atoms with Crippen LogP contribution >= 0.6 is 0 Å². The lowest BCUT2D eigenvalue weighted by molar-refractivity contribution is -0.129. The molecule has 0 aliphatic heterocycles. The van der Waals surface area contributed by atoms with Gasteiger partial charge in [0.1, 0.15) is 6.54 Å². The number of likely N-dealkylation sites (N-methyl/N-ethyl adjacent to an activating group) is 1. The minimum Gasteiger partial charge on any atom is -0.347 e. The summed E-state index contributed by atoms with van der Waals surface area (Å²) in [6, 6.07) is 19.1. The SMILES string of the molecule is CN(C)C(=O)Cn1cc(C(=O)NC(c2ccccc2)c2ccccc2)nn1. The highest BCUT2D eigenvalue weighted by Crippen LogP contribution is 2.22. The number of aromatic nitrogens is 3. The molecule has 0 aliphatic carbocycles. The molecule has 1 heterocycles. The lowest BCUT2D eigenvalue weighted by Crippen LogP contribution is -2.29. The van der Waals surface area contributed by atoms with Crippen molar-refractivity contribution in [2.75, 3.05) is 14.1 Å². The predicted molar refractivity (Wildman–Crippen MR) is 101 cm³/mol. The molecule has 7 heteroatoms. The van der Waals surface area contributed by atoms with Gasteiger partial charge < -0.3 is 10.2 Å². The van der Waals surface area contributed by atoms with E-state index in [1.54, 1.807) is 14.1 Å². The van der Waals surface area contributed by atoms with Crippen molar-refractivity contribution in [1.29, 1.82) is 0 Å². The summed E-state index contributed by atoms with van der Waals surface area (Å²) >= 11 is 0. The topological polar surface area (TPSA) is 80.1 Å². The first-order valence-corrected chi connectivity index (χ1v) is 8.55. The number of rotatable bonds is 6. The second-order valence-electron chi connectivity index (χ2n) is 6.32. The summed E-state index contributed by atoms with van der Waals surface area (Å²) < 4.78 is 1.36. The van der Waals surface area contributed by atoms with E-state index in [0.29, 0.717) is 0 Å². The van der Waals surface area contributed by atoms with Crippen molar-refractivity contribution < 1.29 is 9.59 Å². The molecule has 0 saturated heterocycles. The van der Waals surface area contributed by atoms with Crippen LogP contribution in [0.3, 0.4) is 0 Å². The third-order valence-electron chi connectivity index (χ3n) is 4.11. The van der Waals surface area contributed by atoms with Gasteiger partial charge in [-0.25, -0.2) is 4.68 Å². The van der Waals surface area contributed by atoms with Crippen LogP contribution in [0.4, 0.5) is 0 Å². The molecule has 27 heavy (non-hydrogen) atoms. The molecule has 0 fully saturated rings. The Morgan fingerprint density at radius 1 is 1.00 bits per heavy atom. The van der Waals surface area contributed by atoms with E-state index < -0.39 is 0 Å². The molecule has 3 rings (SSSR count). The molecule has 0 atom stereocenters. The summed E-state index contributed by atoms with van der Waals surface area (Å²) in [5.74, 6) is -0.477. The third kappa shape index (κ3) is 4.58. The molecule has 0 saturated carbocycles. The highest BCUT2D eigenvalue weighted by atomic mass is 16.2. The molecule has 2 aromatic carbocycles. The van der Waals surface area contributed by atoms with Crippen molar-refractivity contribution in [3.8, 4) is 0 Å². The first-order chi connectivity index (χ1) is 13.0. The average Bonchev–Trinajstić information content (AvgIpc) is 3.16. The van der Waals surface area contributed by atoms with Crippen molar-refractivity contribution >= 4 is 11.8 Å². The second kappa shape index (κ2) is 8.27. The number of nitrogens with zero attached hydrogens (tertiary/aromatic N) is 4.